The molecule has 25 heavy (non-hydrogen) atoms. The molecular formula is C17H19F2N3O3. The number of amides is 1. The zero-order chi connectivity index (χ0) is 17.9. The van der Waals surface area contributed by atoms with Crippen molar-refractivity contribution in [2.75, 3.05) is 0 Å². The lowest BCUT2D eigenvalue weighted by Gasteiger charge is -2.26. The fraction of sp³-hybridized carbons (Fsp3) is 0.471. The number of aromatic nitrogens is 2. The van der Waals surface area contributed by atoms with Crippen LogP contribution in [-0.4, -0.2) is 22.7 Å². The molecule has 2 aromatic rings. The molecule has 6 nitrogen and oxygen atoms in total. The molecule has 134 valence electrons. The molecule has 0 saturated heterocycles. The van der Waals surface area contributed by atoms with Crippen LogP contribution < -0.4 is 10.1 Å². The van der Waals surface area contributed by atoms with E-state index in [1.165, 1.54) is 12.1 Å². The zero-order valence-corrected chi connectivity index (χ0v) is 13.8. The normalized spacial score (nSPS) is 16.2. The summed E-state index contributed by atoms with van der Waals surface area (Å²) in [5.74, 6) is 0.863. The second-order valence-electron chi connectivity index (χ2n) is 6.17. The van der Waals surface area contributed by atoms with Gasteiger partial charge in [0.25, 0.3) is 0 Å². The summed E-state index contributed by atoms with van der Waals surface area (Å²) in [6, 6.07) is 6.03. The van der Waals surface area contributed by atoms with Crippen LogP contribution in [0.2, 0.25) is 0 Å². The maximum atomic E-state index is 12.5. The number of aryl methyl sites for hydroxylation is 1. The highest BCUT2D eigenvalue weighted by Gasteiger charge is 2.41. The van der Waals surface area contributed by atoms with Crippen LogP contribution in [0.3, 0.4) is 0 Å². The van der Waals surface area contributed by atoms with Gasteiger partial charge in [0.2, 0.25) is 11.8 Å². The minimum absolute atomic E-state index is 0.0636. The maximum absolute atomic E-state index is 12.5. The minimum atomic E-state index is -2.87. The Bertz CT molecular complexity index is 725. The number of carbonyl (C=O) groups is 1. The van der Waals surface area contributed by atoms with Crippen molar-refractivity contribution in [2.45, 2.75) is 51.2 Å². The molecular weight excluding hydrogens is 332 g/mol. The molecule has 0 unspecified atom stereocenters. The van der Waals surface area contributed by atoms with Crippen LogP contribution in [-0.2, 0) is 16.8 Å². The molecule has 1 heterocycles. The topological polar surface area (TPSA) is 77.2 Å². The molecule has 0 radical (unpaired) electrons. The Morgan fingerprint density at radius 2 is 2.00 bits per heavy atom. The van der Waals surface area contributed by atoms with E-state index in [1.54, 1.807) is 19.1 Å². The molecule has 8 heteroatoms. The SMILES string of the molecule is Cc1nc(C2(NC(=O)Cc3ccc(OC(F)F)cc3)CCCC2)no1. The smallest absolute Gasteiger partial charge is 0.387 e. The average molecular weight is 351 g/mol. The van der Waals surface area contributed by atoms with E-state index in [0.717, 1.165) is 25.7 Å². The van der Waals surface area contributed by atoms with Gasteiger partial charge in [0.15, 0.2) is 5.82 Å². The molecule has 1 aliphatic carbocycles. The summed E-state index contributed by atoms with van der Waals surface area (Å²) in [6.07, 6.45) is 3.62. The molecule has 1 aliphatic rings. The van der Waals surface area contributed by atoms with E-state index in [-0.39, 0.29) is 18.1 Å². The van der Waals surface area contributed by atoms with Gasteiger partial charge < -0.3 is 14.6 Å². The van der Waals surface area contributed by atoms with Gasteiger partial charge in [-0.2, -0.15) is 13.8 Å². The van der Waals surface area contributed by atoms with E-state index in [1.807, 2.05) is 0 Å². The van der Waals surface area contributed by atoms with E-state index in [2.05, 4.69) is 20.2 Å². The number of ether oxygens (including phenoxy) is 1. The van der Waals surface area contributed by atoms with Gasteiger partial charge in [-0.25, -0.2) is 0 Å². The maximum Gasteiger partial charge on any atom is 0.387 e. The van der Waals surface area contributed by atoms with Gasteiger partial charge in [0.1, 0.15) is 11.3 Å². The summed E-state index contributed by atoms with van der Waals surface area (Å²) in [7, 11) is 0. The Kier molecular flexibility index (Phi) is 4.96. The monoisotopic (exact) mass is 351 g/mol. The third kappa shape index (κ3) is 4.12. The number of carbonyl (C=O) groups excluding carboxylic acids is 1. The van der Waals surface area contributed by atoms with Crippen LogP contribution in [0.5, 0.6) is 5.75 Å². The number of nitrogens with one attached hydrogen (secondary N) is 1. The van der Waals surface area contributed by atoms with Gasteiger partial charge in [0, 0.05) is 6.92 Å². The molecule has 0 spiro atoms. The van der Waals surface area contributed by atoms with Crippen molar-refractivity contribution < 1.29 is 22.8 Å². The summed E-state index contributed by atoms with van der Waals surface area (Å²) < 4.78 is 33.7. The molecule has 1 fully saturated rings. The molecule has 1 saturated carbocycles. The van der Waals surface area contributed by atoms with Crippen LogP contribution in [0.1, 0.15) is 43.0 Å². The Labute approximate surface area is 143 Å². The van der Waals surface area contributed by atoms with E-state index < -0.39 is 12.2 Å². The fourth-order valence-electron chi connectivity index (χ4n) is 3.16. The van der Waals surface area contributed by atoms with Crippen molar-refractivity contribution in [3.63, 3.8) is 0 Å². The molecule has 3 rings (SSSR count). The van der Waals surface area contributed by atoms with Gasteiger partial charge in [-0.1, -0.05) is 30.1 Å². The molecule has 1 aromatic carbocycles. The number of nitrogens with zero attached hydrogens (tertiary/aromatic N) is 2. The number of hydrogen-bond acceptors (Lipinski definition) is 5. The first-order valence-electron chi connectivity index (χ1n) is 8.12. The molecule has 0 atom stereocenters. The summed E-state index contributed by atoms with van der Waals surface area (Å²) >= 11 is 0. The first-order valence-corrected chi connectivity index (χ1v) is 8.12. The molecule has 1 aromatic heterocycles. The number of benzene rings is 1. The average Bonchev–Trinajstić information content (AvgIpc) is 3.19. The van der Waals surface area contributed by atoms with Crippen molar-refractivity contribution in [3.8, 4) is 5.75 Å². The standard InChI is InChI=1S/C17H19F2N3O3/c1-11-20-15(22-25-11)17(8-2-3-9-17)21-14(23)10-12-4-6-13(7-5-12)24-16(18)19/h4-7,16H,2-3,8-10H2,1H3,(H,21,23). The van der Waals surface area contributed by atoms with Crippen LogP contribution in [0.4, 0.5) is 8.78 Å². The largest absolute Gasteiger partial charge is 0.435 e. The number of rotatable bonds is 6. The van der Waals surface area contributed by atoms with Gasteiger partial charge in [-0.3, -0.25) is 4.79 Å². The van der Waals surface area contributed by atoms with Gasteiger partial charge in [0.05, 0.1) is 6.42 Å². The molecule has 1 N–H and O–H groups in total. The van der Waals surface area contributed by atoms with Crippen molar-refractivity contribution >= 4 is 5.91 Å². The van der Waals surface area contributed by atoms with E-state index in [4.69, 9.17) is 4.52 Å². The van der Waals surface area contributed by atoms with Crippen LogP contribution in [0.15, 0.2) is 28.8 Å². The van der Waals surface area contributed by atoms with Gasteiger partial charge in [-0.05, 0) is 30.5 Å². The van der Waals surface area contributed by atoms with E-state index >= 15 is 0 Å². The lowest BCUT2D eigenvalue weighted by molar-refractivity contribution is -0.122. The molecule has 0 bridgehead atoms. The molecule has 1 amide bonds. The van der Waals surface area contributed by atoms with Gasteiger partial charge in [-0.15, -0.1) is 0 Å². The molecule has 0 aliphatic heterocycles. The number of halogens is 2. The highest BCUT2D eigenvalue weighted by atomic mass is 19.3. The summed E-state index contributed by atoms with van der Waals surface area (Å²) in [4.78, 5) is 16.8. The fourth-order valence-corrected chi connectivity index (χ4v) is 3.16. The summed E-state index contributed by atoms with van der Waals surface area (Å²) in [5, 5.41) is 7.02. The van der Waals surface area contributed by atoms with Crippen molar-refractivity contribution in [1.29, 1.82) is 0 Å². The Morgan fingerprint density at radius 1 is 1.32 bits per heavy atom. The predicted octanol–water partition coefficient (Wildman–Crippen LogP) is 3.11. The van der Waals surface area contributed by atoms with Gasteiger partial charge >= 0.3 is 6.61 Å². The third-order valence-corrected chi connectivity index (χ3v) is 4.30. The quantitative estimate of drug-likeness (QED) is 0.865. The number of hydrogen-bond donors (Lipinski definition) is 1. The van der Waals surface area contributed by atoms with Crippen LogP contribution >= 0.6 is 0 Å². The second kappa shape index (κ2) is 7.16. The lowest BCUT2D eigenvalue weighted by Crippen LogP contribution is -2.45. The van der Waals surface area contributed by atoms with E-state index in [9.17, 15) is 13.6 Å². The first-order chi connectivity index (χ1) is 12.0. The van der Waals surface area contributed by atoms with Crippen molar-refractivity contribution in [1.82, 2.24) is 15.5 Å². The van der Waals surface area contributed by atoms with Crippen molar-refractivity contribution in [2.24, 2.45) is 0 Å². The third-order valence-electron chi connectivity index (χ3n) is 4.30. The summed E-state index contributed by atoms with van der Waals surface area (Å²) in [6.45, 7) is -1.15. The minimum Gasteiger partial charge on any atom is -0.435 e. The lowest BCUT2D eigenvalue weighted by atomic mass is 9.96. The number of alkyl halides is 2. The van der Waals surface area contributed by atoms with Crippen LogP contribution in [0, 0.1) is 6.92 Å². The highest BCUT2D eigenvalue weighted by Crippen LogP contribution is 2.37. The Hall–Kier alpha value is -2.51. The first kappa shape index (κ1) is 17.3. The summed E-state index contributed by atoms with van der Waals surface area (Å²) in [5.41, 5.74) is 0.115. The highest BCUT2D eigenvalue weighted by molar-refractivity contribution is 5.79. The van der Waals surface area contributed by atoms with Crippen molar-refractivity contribution in [3.05, 3.63) is 41.5 Å². The second-order valence-corrected chi connectivity index (χ2v) is 6.17. The predicted molar refractivity (Wildman–Crippen MR) is 84.1 cm³/mol. The Balaban J connectivity index is 1.66. The van der Waals surface area contributed by atoms with Crippen LogP contribution in [0.25, 0.3) is 0 Å². The Morgan fingerprint density at radius 3 is 2.56 bits per heavy atom. The zero-order valence-electron chi connectivity index (χ0n) is 13.8. The van der Waals surface area contributed by atoms with E-state index in [0.29, 0.717) is 17.3 Å².